The predicted octanol–water partition coefficient (Wildman–Crippen LogP) is 2.23. The zero-order valence-electron chi connectivity index (χ0n) is 16.6. The molecule has 0 radical (unpaired) electrons. The second kappa shape index (κ2) is 8.19. The molecule has 0 saturated carbocycles. The zero-order chi connectivity index (χ0) is 21.3. The number of carbonyl (C=O) groups excluding carboxylic acids is 2. The van der Waals surface area contributed by atoms with E-state index in [1.165, 1.54) is 18.1 Å². The van der Waals surface area contributed by atoms with Crippen LogP contribution < -0.4 is 10.6 Å². The van der Waals surface area contributed by atoms with Gasteiger partial charge in [0.1, 0.15) is 28.9 Å². The molecule has 0 spiro atoms. The third-order valence-corrected chi connectivity index (χ3v) is 5.57. The number of urea groups is 1. The number of aryl methyl sites for hydroxylation is 2. The summed E-state index contributed by atoms with van der Waals surface area (Å²) < 4.78 is 12.6. The number of nitrogens with one attached hydrogen (secondary N) is 2. The molecule has 3 aromatic heterocycles. The molecule has 0 aliphatic carbocycles. The Bertz CT molecular complexity index is 1150. The van der Waals surface area contributed by atoms with Gasteiger partial charge in [-0.2, -0.15) is 5.10 Å². The van der Waals surface area contributed by atoms with Gasteiger partial charge in [-0.05, 0) is 26.0 Å². The van der Waals surface area contributed by atoms with E-state index in [1.54, 1.807) is 43.9 Å². The van der Waals surface area contributed by atoms with Crippen LogP contribution >= 0.6 is 11.8 Å². The normalized spacial score (nSPS) is 16.5. The topological polar surface area (TPSA) is 124 Å². The first-order chi connectivity index (χ1) is 14.5. The van der Waals surface area contributed by atoms with Crippen LogP contribution in [-0.2, 0) is 16.6 Å². The Morgan fingerprint density at radius 3 is 2.93 bits per heavy atom. The molecule has 0 saturated heterocycles. The molecule has 0 aromatic carbocycles. The summed E-state index contributed by atoms with van der Waals surface area (Å²) in [7, 11) is 1.80. The first kappa shape index (κ1) is 20.0. The van der Waals surface area contributed by atoms with Gasteiger partial charge in [0.05, 0.1) is 23.8 Å². The molecule has 0 bridgehead atoms. The molecule has 0 fully saturated rings. The highest BCUT2D eigenvalue weighted by Crippen LogP contribution is 2.32. The Morgan fingerprint density at radius 2 is 2.20 bits per heavy atom. The molecule has 3 aromatic rings. The van der Waals surface area contributed by atoms with Crippen molar-refractivity contribution in [3.63, 3.8) is 0 Å². The number of nitrogens with zero attached hydrogens (tertiary/aromatic N) is 4. The van der Waals surface area contributed by atoms with Gasteiger partial charge in [-0.25, -0.2) is 19.6 Å². The molecule has 1 atom stereocenters. The van der Waals surface area contributed by atoms with E-state index in [-0.39, 0.29) is 6.61 Å². The number of amides is 2. The average Bonchev–Trinajstić information content (AvgIpc) is 3.32. The fourth-order valence-electron chi connectivity index (χ4n) is 3.20. The summed E-state index contributed by atoms with van der Waals surface area (Å²) in [5.41, 5.74) is 1.44. The van der Waals surface area contributed by atoms with E-state index in [4.69, 9.17) is 9.15 Å². The van der Waals surface area contributed by atoms with Crippen molar-refractivity contribution in [1.82, 2.24) is 30.4 Å². The molecule has 4 rings (SSSR count). The lowest BCUT2D eigenvalue weighted by Gasteiger charge is -2.27. The highest BCUT2D eigenvalue weighted by atomic mass is 32.2. The Kier molecular flexibility index (Phi) is 5.44. The maximum atomic E-state index is 12.8. The summed E-state index contributed by atoms with van der Waals surface area (Å²) >= 11 is 1.37. The lowest BCUT2D eigenvalue weighted by Crippen LogP contribution is -2.46. The van der Waals surface area contributed by atoms with E-state index >= 15 is 0 Å². The lowest BCUT2D eigenvalue weighted by atomic mass is 10.0. The summed E-state index contributed by atoms with van der Waals surface area (Å²) in [6, 6.07) is 2.35. The number of hydrogen-bond donors (Lipinski definition) is 2. The van der Waals surface area contributed by atoms with Crippen LogP contribution in [0.2, 0.25) is 0 Å². The summed E-state index contributed by atoms with van der Waals surface area (Å²) in [5.74, 6) is 0.911. The van der Waals surface area contributed by atoms with Crippen molar-refractivity contribution in [2.45, 2.75) is 24.9 Å². The van der Waals surface area contributed by atoms with E-state index in [0.29, 0.717) is 39.2 Å². The number of carbonyl (C=O) groups is 2. The van der Waals surface area contributed by atoms with Gasteiger partial charge >= 0.3 is 12.0 Å². The Labute approximate surface area is 176 Å². The molecule has 1 aliphatic rings. The molecular weight excluding hydrogens is 408 g/mol. The van der Waals surface area contributed by atoms with Gasteiger partial charge in [0.25, 0.3) is 0 Å². The number of hydrogen-bond acceptors (Lipinski definition) is 8. The maximum Gasteiger partial charge on any atom is 0.338 e. The van der Waals surface area contributed by atoms with E-state index in [9.17, 15) is 9.59 Å². The summed E-state index contributed by atoms with van der Waals surface area (Å²) in [6.07, 6.45) is 3.15. The van der Waals surface area contributed by atoms with Crippen LogP contribution in [0.25, 0.3) is 11.0 Å². The number of rotatable bonds is 6. The van der Waals surface area contributed by atoms with Crippen LogP contribution in [0.15, 0.2) is 45.4 Å². The number of aromatic nitrogens is 4. The fraction of sp³-hybridized carbons (Fsp3) is 0.316. The van der Waals surface area contributed by atoms with Gasteiger partial charge in [0.2, 0.25) is 0 Å². The van der Waals surface area contributed by atoms with E-state index in [0.717, 1.165) is 5.39 Å². The molecule has 156 valence electrons. The third kappa shape index (κ3) is 3.75. The second-order valence-corrected chi connectivity index (χ2v) is 7.53. The van der Waals surface area contributed by atoms with Crippen molar-refractivity contribution in [2.24, 2.45) is 7.05 Å². The molecular formula is C19H20N6O4S. The highest BCUT2D eigenvalue weighted by molar-refractivity contribution is 7.99. The van der Waals surface area contributed by atoms with Gasteiger partial charge in [-0.3, -0.25) is 4.68 Å². The molecule has 2 N–H and O–H groups in total. The van der Waals surface area contributed by atoms with Crippen molar-refractivity contribution in [3.8, 4) is 0 Å². The van der Waals surface area contributed by atoms with Crippen LogP contribution in [0.4, 0.5) is 4.79 Å². The molecule has 10 nitrogen and oxygen atoms in total. The minimum atomic E-state index is -0.745. The van der Waals surface area contributed by atoms with Gasteiger partial charge in [0.15, 0.2) is 5.65 Å². The lowest BCUT2D eigenvalue weighted by molar-refractivity contribution is -0.139. The van der Waals surface area contributed by atoms with Crippen molar-refractivity contribution >= 4 is 34.8 Å². The predicted molar refractivity (Wildman–Crippen MR) is 109 cm³/mol. The standard InChI is InChI=1S/C19H20N6O4S/c1-4-28-18(26)14-12(23-19(27)24-15(14)13-6-5-10(2)29-13)8-30-17-11-7-22-25(3)16(11)20-9-21-17/h5-7,9,15H,4,8H2,1-3H3,(H2,23,24,27). The van der Waals surface area contributed by atoms with Gasteiger partial charge < -0.3 is 19.8 Å². The van der Waals surface area contributed by atoms with E-state index < -0.39 is 18.0 Å². The smallest absolute Gasteiger partial charge is 0.338 e. The van der Waals surface area contributed by atoms with Crippen molar-refractivity contribution < 1.29 is 18.7 Å². The van der Waals surface area contributed by atoms with Crippen molar-refractivity contribution in [2.75, 3.05) is 12.4 Å². The largest absolute Gasteiger partial charge is 0.464 e. The Morgan fingerprint density at radius 1 is 1.37 bits per heavy atom. The Hall–Kier alpha value is -3.34. The quantitative estimate of drug-likeness (QED) is 0.348. The number of furan rings is 1. The Balaban J connectivity index is 1.70. The van der Waals surface area contributed by atoms with Gasteiger partial charge in [-0.1, -0.05) is 11.8 Å². The molecule has 1 unspecified atom stereocenters. The van der Waals surface area contributed by atoms with Gasteiger partial charge in [-0.15, -0.1) is 0 Å². The minimum absolute atomic E-state index is 0.211. The molecule has 4 heterocycles. The first-order valence-electron chi connectivity index (χ1n) is 9.27. The van der Waals surface area contributed by atoms with Crippen molar-refractivity contribution in [1.29, 1.82) is 0 Å². The summed E-state index contributed by atoms with van der Waals surface area (Å²) in [6.45, 7) is 3.74. The maximum absolute atomic E-state index is 12.8. The number of fused-ring (bicyclic) bond motifs is 1. The summed E-state index contributed by atoms with van der Waals surface area (Å²) in [5, 5.41) is 11.2. The molecule has 30 heavy (non-hydrogen) atoms. The zero-order valence-corrected chi connectivity index (χ0v) is 17.4. The third-order valence-electron chi connectivity index (χ3n) is 4.54. The van der Waals surface area contributed by atoms with Crippen LogP contribution in [0.1, 0.15) is 24.5 Å². The van der Waals surface area contributed by atoms with Gasteiger partial charge in [0, 0.05) is 18.5 Å². The van der Waals surface area contributed by atoms with Crippen LogP contribution in [0, 0.1) is 6.92 Å². The second-order valence-electron chi connectivity index (χ2n) is 6.57. The number of esters is 1. The number of ether oxygens (including phenoxy) is 1. The van der Waals surface area contributed by atoms with E-state index in [2.05, 4.69) is 25.7 Å². The van der Waals surface area contributed by atoms with Crippen LogP contribution in [0.3, 0.4) is 0 Å². The van der Waals surface area contributed by atoms with Crippen molar-refractivity contribution in [3.05, 3.63) is 47.4 Å². The SMILES string of the molecule is CCOC(=O)C1=C(CSc2ncnc3c2cnn3C)NC(=O)NC1c1ccc(C)o1. The molecule has 11 heteroatoms. The number of thioether (sulfide) groups is 1. The summed E-state index contributed by atoms with van der Waals surface area (Å²) in [4.78, 5) is 33.6. The highest BCUT2D eigenvalue weighted by Gasteiger charge is 2.35. The monoisotopic (exact) mass is 428 g/mol. The minimum Gasteiger partial charge on any atom is -0.464 e. The van der Waals surface area contributed by atoms with Crippen LogP contribution in [-0.4, -0.2) is 44.1 Å². The molecule has 2 amide bonds. The average molecular weight is 428 g/mol. The first-order valence-corrected chi connectivity index (χ1v) is 10.3. The van der Waals surface area contributed by atoms with E-state index in [1.807, 2.05) is 0 Å². The molecule has 1 aliphatic heterocycles. The van der Waals surface area contributed by atoms with Crippen LogP contribution in [0.5, 0.6) is 0 Å². The fourth-order valence-corrected chi connectivity index (χ4v) is 4.13.